The molecule has 0 aliphatic heterocycles. The first-order valence-electron chi connectivity index (χ1n) is 11.5. The summed E-state index contributed by atoms with van der Waals surface area (Å²) in [6.07, 6.45) is 0.644. The normalized spacial score (nSPS) is 12.9. The number of alkyl carbamates (subject to hydrolysis) is 1. The van der Waals surface area contributed by atoms with E-state index in [0.717, 1.165) is 12.8 Å². The molecule has 0 radical (unpaired) electrons. The third-order valence-corrected chi connectivity index (χ3v) is 4.89. The number of phenols is 1. The van der Waals surface area contributed by atoms with Crippen LogP contribution in [0.2, 0.25) is 0 Å². The Hall–Kier alpha value is -3.30. The maximum atomic E-state index is 13.6. The van der Waals surface area contributed by atoms with E-state index in [1.54, 1.807) is 39.8 Å². The van der Waals surface area contributed by atoms with Gasteiger partial charge in [0.2, 0.25) is 17.7 Å². The maximum absolute atomic E-state index is 13.6. The highest BCUT2D eigenvalue weighted by atomic mass is 16.6. The first kappa shape index (κ1) is 28.7. The zero-order chi connectivity index (χ0) is 25.9. The highest BCUT2D eigenvalue weighted by molar-refractivity contribution is 5.92. The Bertz CT molecular complexity index is 835. The van der Waals surface area contributed by atoms with Crippen LogP contribution in [0.1, 0.15) is 71.9 Å². The monoisotopic (exact) mass is 478 g/mol. The Kier molecular flexibility index (Phi) is 11.3. The van der Waals surface area contributed by atoms with Crippen LogP contribution in [-0.4, -0.2) is 58.6 Å². The van der Waals surface area contributed by atoms with E-state index in [4.69, 9.17) is 10.5 Å². The van der Waals surface area contributed by atoms with Crippen molar-refractivity contribution >= 4 is 23.8 Å². The van der Waals surface area contributed by atoms with E-state index in [9.17, 15) is 24.3 Å². The first-order valence-corrected chi connectivity index (χ1v) is 11.5. The second-order valence-corrected chi connectivity index (χ2v) is 8.97. The zero-order valence-corrected chi connectivity index (χ0v) is 20.7. The molecule has 1 rings (SSSR count). The van der Waals surface area contributed by atoms with E-state index < -0.39 is 35.6 Å². The van der Waals surface area contributed by atoms with Crippen molar-refractivity contribution < 1.29 is 29.0 Å². The van der Waals surface area contributed by atoms with E-state index in [1.165, 1.54) is 17.0 Å². The number of amides is 4. The van der Waals surface area contributed by atoms with E-state index in [1.807, 2.05) is 6.92 Å². The lowest BCUT2D eigenvalue weighted by molar-refractivity contribution is -0.142. The van der Waals surface area contributed by atoms with Gasteiger partial charge in [-0.1, -0.05) is 25.5 Å². The number of benzene rings is 1. The van der Waals surface area contributed by atoms with Gasteiger partial charge in [-0.05, 0) is 58.2 Å². The first-order chi connectivity index (χ1) is 15.9. The number of carbonyl (C=O) groups excluding carboxylic acids is 4. The topological polar surface area (TPSA) is 151 Å². The number of rotatable bonds is 12. The molecule has 0 aromatic heterocycles. The number of nitrogens with two attached hydrogens (primary N) is 1. The fourth-order valence-electron chi connectivity index (χ4n) is 3.27. The number of nitrogens with one attached hydrogen (secondary N) is 2. The van der Waals surface area contributed by atoms with Gasteiger partial charge in [0, 0.05) is 19.5 Å². The molecule has 2 atom stereocenters. The molecule has 0 aliphatic carbocycles. The summed E-state index contributed by atoms with van der Waals surface area (Å²) < 4.78 is 5.27. The number of hydrogen-bond donors (Lipinski definition) is 4. The molecule has 0 spiro atoms. The molecular formula is C24H38N4O6. The van der Waals surface area contributed by atoms with Crippen molar-refractivity contribution in [2.45, 2.75) is 78.0 Å². The van der Waals surface area contributed by atoms with Crippen molar-refractivity contribution in [2.24, 2.45) is 5.73 Å². The number of carbonyl (C=O) groups is 4. The summed E-state index contributed by atoms with van der Waals surface area (Å²) in [7, 11) is 0. The van der Waals surface area contributed by atoms with Crippen molar-refractivity contribution in [2.75, 3.05) is 13.1 Å². The van der Waals surface area contributed by atoms with E-state index in [0.29, 0.717) is 12.1 Å². The molecule has 34 heavy (non-hydrogen) atoms. The number of hydrogen-bond acceptors (Lipinski definition) is 6. The zero-order valence-electron chi connectivity index (χ0n) is 20.7. The molecule has 2 unspecified atom stereocenters. The van der Waals surface area contributed by atoms with Crippen LogP contribution in [-0.2, 0) is 19.1 Å². The summed E-state index contributed by atoms with van der Waals surface area (Å²) in [5, 5.41) is 15.0. The van der Waals surface area contributed by atoms with Gasteiger partial charge in [-0.15, -0.1) is 0 Å². The third kappa shape index (κ3) is 9.68. The number of unbranched alkanes of at least 4 members (excludes halogenated alkanes) is 1. The second kappa shape index (κ2) is 13.4. The minimum Gasteiger partial charge on any atom is -0.508 e. The predicted octanol–water partition coefficient (Wildman–Crippen LogP) is 2.36. The summed E-state index contributed by atoms with van der Waals surface area (Å²) >= 11 is 0. The lowest BCUT2D eigenvalue weighted by Crippen LogP contribution is -2.53. The van der Waals surface area contributed by atoms with Crippen LogP contribution >= 0.6 is 0 Å². The summed E-state index contributed by atoms with van der Waals surface area (Å²) in [6.45, 7) is 9.36. The van der Waals surface area contributed by atoms with Gasteiger partial charge in [-0.25, -0.2) is 4.79 Å². The average Bonchev–Trinajstić information content (AvgIpc) is 2.74. The number of likely N-dealkylation sites (N-methyl/N-ethyl adjacent to an activating group) is 1. The summed E-state index contributed by atoms with van der Waals surface area (Å²) in [4.78, 5) is 51.8. The van der Waals surface area contributed by atoms with Crippen molar-refractivity contribution in [3.63, 3.8) is 0 Å². The van der Waals surface area contributed by atoms with Crippen molar-refractivity contribution in [3.8, 4) is 5.75 Å². The molecule has 1 aromatic carbocycles. The smallest absolute Gasteiger partial charge is 0.408 e. The second-order valence-electron chi connectivity index (χ2n) is 8.97. The molecule has 190 valence electrons. The Balaban J connectivity index is 3.29. The van der Waals surface area contributed by atoms with Crippen LogP contribution in [0, 0.1) is 0 Å². The molecule has 0 heterocycles. The standard InChI is InChI=1S/C24H38N4O6/c1-6-8-15-26-21(31)20(16-9-11-17(29)12-10-16)28(7-2)22(32)18(13-14-19(25)30)27-23(33)34-24(3,4)5/h9-12,18,20,29H,6-8,13-15H2,1-5H3,(H2,25,30)(H,26,31)(H,27,33). The van der Waals surface area contributed by atoms with Gasteiger partial charge in [0.1, 0.15) is 23.4 Å². The summed E-state index contributed by atoms with van der Waals surface area (Å²) in [5.74, 6) is -1.55. The molecule has 0 saturated carbocycles. The van der Waals surface area contributed by atoms with E-state index in [2.05, 4.69) is 10.6 Å². The molecule has 4 amide bonds. The summed E-state index contributed by atoms with van der Waals surface area (Å²) in [6, 6.07) is 3.86. The Morgan fingerprint density at radius 3 is 2.24 bits per heavy atom. The molecule has 0 fully saturated rings. The highest BCUT2D eigenvalue weighted by Gasteiger charge is 2.35. The van der Waals surface area contributed by atoms with Crippen LogP contribution in [0.5, 0.6) is 5.75 Å². The van der Waals surface area contributed by atoms with Gasteiger partial charge in [0.15, 0.2) is 0 Å². The number of nitrogens with zero attached hydrogens (tertiary/aromatic N) is 1. The van der Waals surface area contributed by atoms with Crippen LogP contribution in [0.25, 0.3) is 0 Å². The molecule has 0 aliphatic rings. The predicted molar refractivity (Wildman–Crippen MR) is 128 cm³/mol. The molecule has 10 nitrogen and oxygen atoms in total. The fraction of sp³-hybridized carbons (Fsp3) is 0.583. The Morgan fingerprint density at radius 1 is 1.12 bits per heavy atom. The summed E-state index contributed by atoms with van der Waals surface area (Å²) in [5.41, 5.74) is 4.97. The van der Waals surface area contributed by atoms with Crippen LogP contribution < -0.4 is 16.4 Å². The fourth-order valence-corrected chi connectivity index (χ4v) is 3.27. The lowest BCUT2D eigenvalue weighted by atomic mass is 10.0. The number of primary amides is 1. The van der Waals surface area contributed by atoms with Gasteiger partial charge >= 0.3 is 6.09 Å². The molecule has 0 saturated heterocycles. The largest absolute Gasteiger partial charge is 0.508 e. The van der Waals surface area contributed by atoms with Gasteiger partial charge in [0.25, 0.3) is 0 Å². The Morgan fingerprint density at radius 2 is 1.74 bits per heavy atom. The van der Waals surface area contributed by atoms with Gasteiger partial charge in [-0.2, -0.15) is 0 Å². The molecule has 5 N–H and O–H groups in total. The minimum atomic E-state index is -1.13. The molecule has 1 aromatic rings. The number of ether oxygens (including phenoxy) is 1. The average molecular weight is 479 g/mol. The van der Waals surface area contributed by atoms with Gasteiger partial charge in [0.05, 0.1) is 0 Å². The quantitative estimate of drug-likeness (QED) is 0.339. The van der Waals surface area contributed by atoms with Gasteiger partial charge in [-0.3, -0.25) is 14.4 Å². The molecular weight excluding hydrogens is 440 g/mol. The van der Waals surface area contributed by atoms with Gasteiger partial charge < -0.3 is 31.1 Å². The number of phenolic OH excluding ortho intramolecular Hbond substituents is 1. The van der Waals surface area contributed by atoms with E-state index >= 15 is 0 Å². The van der Waals surface area contributed by atoms with Crippen LogP contribution in [0.15, 0.2) is 24.3 Å². The maximum Gasteiger partial charge on any atom is 0.408 e. The lowest BCUT2D eigenvalue weighted by Gasteiger charge is -2.33. The van der Waals surface area contributed by atoms with E-state index in [-0.39, 0.29) is 31.0 Å². The number of aromatic hydroxyl groups is 1. The van der Waals surface area contributed by atoms with Crippen LogP contribution in [0.4, 0.5) is 4.79 Å². The van der Waals surface area contributed by atoms with Crippen molar-refractivity contribution in [1.29, 1.82) is 0 Å². The Labute approximate surface area is 201 Å². The van der Waals surface area contributed by atoms with Crippen molar-refractivity contribution in [1.82, 2.24) is 15.5 Å². The SMILES string of the molecule is CCCCNC(=O)C(c1ccc(O)cc1)N(CC)C(=O)C(CCC(N)=O)NC(=O)OC(C)(C)C. The van der Waals surface area contributed by atoms with Crippen molar-refractivity contribution in [3.05, 3.63) is 29.8 Å². The highest BCUT2D eigenvalue weighted by Crippen LogP contribution is 2.25. The molecule has 0 bridgehead atoms. The van der Waals surface area contributed by atoms with Crippen LogP contribution in [0.3, 0.4) is 0 Å². The third-order valence-electron chi connectivity index (χ3n) is 4.89. The molecule has 10 heteroatoms. The minimum absolute atomic E-state index is 0.0224.